The zero-order valence-corrected chi connectivity index (χ0v) is 10.8. The molecule has 0 fully saturated rings. The molecule has 2 N–H and O–H groups in total. The maximum atomic E-state index is 11.7. The van der Waals surface area contributed by atoms with Crippen LogP contribution in [0.5, 0.6) is 0 Å². The number of esters is 1. The fourth-order valence-electron chi connectivity index (χ4n) is 1.62. The maximum absolute atomic E-state index is 11.7. The number of nitrogens with zero attached hydrogens (tertiary/aromatic N) is 1. The Morgan fingerprint density at radius 3 is 2.94 bits per heavy atom. The number of aliphatic hydroxyl groups is 1. The minimum atomic E-state index is -0.382. The summed E-state index contributed by atoms with van der Waals surface area (Å²) in [5, 5.41) is 12.1. The third-order valence-corrected chi connectivity index (χ3v) is 2.61. The van der Waals surface area contributed by atoms with Gasteiger partial charge in [-0.2, -0.15) is 0 Å². The second-order valence-electron chi connectivity index (χ2n) is 3.88. The summed E-state index contributed by atoms with van der Waals surface area (Å²) in [6.07, 6.45) is 3.09. The van der Waals surface area contributed by atoms with Crippen LogP contribution >= 0.6 is 0 Å². The average Bonchev–Trinajstić information content (AvgIpc) is 2.39. The van der Waals surface area contributed by atoms with Crippen LogP contribution in [0.15, 0.2) is 18.3 Å². The van der Waals surface area contributed by atoms with Crippen molar-refractivity contribution in [3.8, 4) is 0 Å². The lowest BCUT2D eigenvalue weighted by Gasteiger charge is -2.18. The van der Waals surface area contributed by atoms with Crippen molar-refractivity contribution in [3.63, 3.8) is 0 Å². The molecule has 0 saturated heterocycles. The lowest BCUT2D eigenvalue weighted by Crippen LogP contribution is -2.22. The number of rotatable bonds is 7. The first-order valence-electron chi connectivity index (χ1n) is 6.22. The number of carbonyl (C=O) groups is 1. The van der Waals surface area contributed by atoms with Crippen LogP contribution < -0.4 is 5.32 Å². The minimum Gasteiger partial charge on any atom is -0.462 e. The molecule has 0 spiro atoms. The molecular formula is C13H20N2O3. The van der Waals surface area contributed by atoms with Gasteiger partial charge in [-0.05, 0) is 31.9 Å². The standard InChI is InChI=1S/C13H20N2O3/c1-3-10(7-9-16)15-12-11(6-5-8-14-12)13(17)18-4-2/h5-6,8,10,16H,3-4,7,9H2,1-2H3,(H,14,15). The molecule has 0 aromatic carbocycles. The maximum Gasteiger partial charge on any atom is 0.341 e. The zero-order chi connectivity index (χ0) is 13.4. The molecule has 1 rings (SSSR count). The van der Waals surface area contributed by atoms with Crippen LogP contribution in [0.25, 0.3) is 0 Å². The fourth-order valence-corrected chi connectivity index (χ4v) is 1.62. The summed E-state index contributed by atoms with van der Waals surface area (Å²) in [5.41, 5.74) is 0.427. The molecule has 0 aliphatic rings. The molecule has 1 heterocycles. The molecule has 1 atom stereocenters. The highest BCUT2D eigenvalue weighted by atomic mass is 16.5. The molecule has 1 aromatic rings. The van der Waals surface area contributed by atoms with Gasteiger partial charge < -0.3 is 15.2 Å². The number of hydrogen-bond donors (Lipinski definition) is 2. The number of carbonyl (C=O) groups excluding carboxylic acids is 1. The molecular weight excluding hydrogens is 232 g/mol. The van der Waals surface area contributed by atoms with E-state index in [9.17, 15) is 4.79 Å². The Balaban J connectivity index is 2.84. The number of aromatic nitrogens is 1. The molecule has 0 saturated carbocycles. The molecule has 0 aliphatic heterocycles. The van der Waals surface area contributed by atoms with E-state index >= 15 is 0 Å². The highest BCUT2D eigenvalue weighted by Gasteiger charge is 2.15. The highest BCUT2D eigenvalue weighted by molar-refractivity contribution is 5.94. The lowest BCUT2D eigenvalue weighted by atomic mass is 10.1. The van der Waals surface area contributed by atoms with Crippen LogP contribution in [-0.2, 0) is 4.74 Å². The van der Waals surface area contributed by atoms with Gasteiger partial charge in [0.1, 0.15) is 11.4 Å². The van der Waals surface area contributed by atoms with Gasteiger partial charge in [0, 0.05) is 18.8 Å². The Bertz CT molecular complexity index is 382. The SMILES string of the molecule is CCOC(=O)c1cccnc1NC(CC)CCO. The number of ether oxygens (including phenoxy) is 1. The van der Waals surface area contributed by atoms with E-state index in [1.165, 1.54) is 0 Å². The number of aliphatic hydroxyl groups excluding tert-OH is 1. The summed E-state index contributed by atoms with van der Waals surface area (Å²) in [4.78, 5) is 15.9. The topological polar surface area (TPSA) is 71.5 Å². The second kappa shape index (κ2) is 7.66. The minimum absolute atomic E-state index is 0.0954. The van der Waals surface area contributed by atoms with Crippen LogP contribution in [0.2, 0.25) is 0 Å². The predicted molar refractivity (Wildman–Crippen MR) is 69.6 cm³/mol. The van der Waals surface area contributed by atoms with Gasteiger partial charge in [-0.1, -0.05) is 6.92 Å². The molecule has 100 valence electrons. The normalized spacial score (nSPS) is 11.9. The number of hydrogen-bond acceptors (Lipinski definition) is 5. The van der Waals surface area contributed by atoms with Gasteiger partial charge in [0.2, 0.25) is 0 Å². The summed E-state index contributed by atoms with van der Waals surface area (Å²) in [5.74, 6) is 0.128. The molecule has 5 heteroatoms. The van der Waals surface area contributed by atoms with Crippen molar-refractivity contribution < 1.29 is 14.6 Å². The van der Waals surface area contributed by atoms with Gasteiger partial charge in [-0.3, -0.25) is 0 Å². The van der Waals surface area contributed by atoms with E-state index < -0.39 is 0 Å². The van der Waals surface area contributed by atoms with E-state index in [0.29, 0.717) is 24.4 Å². The smallest absolute Gasteiger partial charge is 0.341 e. The molecule has 1 aromatic heterocycles. The van der Waals surface area contributed by atoms with Crippen molar-refractivity contribution >= 4 is 11.8 Å². The molecule has 0 radical (unpaired) electrons. The van der Waals surface area contributed by atoms with Crippen molar-refractivity contribution in [2.24, 2.45) is 0 Å². The summed E-state index contributed by atoms with van der Waals surface area (Å²) in [6.45, 7) is 4.22. The Labute approximate surface area is 107 Å². The number of nitrogens with one attached hydrogen (secondary N) is 1. The monoisotopic (exact) mass is 252 g/mol. The Morgan fingerprint density at radius 1 is 1.56 bits per heavy atom. The Hall–Kier alpha value is -1.62. The van der Waals surface area contributed by atoms with E-state index in [0.717, 1.165) is 6.42 Å². The first-order valence-corrected chi connectivity index (χ1v) is 6.22. The zero-order valence-electron chi connectivity index (χ0n) is 10.8. The third-order valence-electron chi connectivity index (χ3n) is 2.61. The van der Waals surface area contributed by atoms with E-state index in [2.05, 4.69) is 10.3 Å². The molecule has 0 aliphatic carbocycles. The first-order chi connectivity index (χ1) is 8.72. The summed E-state index contributed by atoms with van der Waals surface area (Å²) < 4.78 is 4.98. The van der Waals surface area contributed by atoms with Crippen molar-refractivity contribution in [1.82, 2.24) is 4.98 Å². The summed E-state index contributed by atoms with van der Waals surface area (Å²) >= 11 is 0. The molecule has 18 heavy (non-hydrogen) atoms. The van der Waals surface area contributed by atoms with Crippen molar-refractivity contribution in [2.45, 2.75) is 32.7 Å². The van der Waals surface area contributed by atoms with Crippen molar-refractivity contribution in [3.05, 3.63) is 23.9 Å². The van der Waals surface area contributed by atoms with Gasteiger partial charge in [0.25, 0.3) is 0 Å². The highest BCUT2D eigenvalue weighted by Crippen LogP contribution is 2.16. The van der Waals surface area contributed by atoms with Gasteiger partial charge in [-0.25, -0.2) is 9.78 Å². The van der Waals surface area contributed by atoms with Crippen molar-refractivity contribution in [2.75, 3.05) is 18.5 Å². The van der Waals surface area contributed by atoms with E-state index in [1.54, 1.807) is 25.3 Å². The average molecular weight is 252 g/mol. The summed E-state index contributed by atoms with van der Waals surface area (Å²) in [6, 6.07) is 3.47. The van der Waals surface area contributed by atoms with Crippen LogP contribution in [0.4, 0.5) is 5.82 Å². The predicted octanol–water partition coefficient (Wildman–Crippen LogP) is 1.83. The second-order valence-corrected chi connectivity index (χ2v) is 3.88. The molecule has 0 amide bonds. The van der Waals surface area contributed by atoms with E-state index in [-0.39, 0.29) is 18.6 Å². The molecule has 0 bridgehead atoms. The first kappa shape index (κ1) is 14.4. The third kappa shape index (κ3) is 4.00. The van der Waals surface area contributed by atoms with Crippen LogP contribution in [-0.4, -0.2) is 35.3 Å². The van der Waals surface area contributed by atoms with Gasteiger partial charge in [0.15, 0.2) is 0 Å². The largest absolute Gasteiger partial charge is 0.462 e. The van der Waals surface area contributed by atoms with Gasteiger partial charge in [0.05, 0.1) is 6.61 Å². The Morgan fingerprint density at radius 2 is 2.33 bits per heavy atom. The van der Waals surface area contributed by atoms with Gasteiger partial charge in [-0.15, -0.1) is 0 Å². The lowest BCUT2D eigenvalue weighted by molar-refractivity contribution is 0.0527. The van der Waals surface area contributed by atoms with Crippen LogP contribution in [0.1, 0.15) is 37.0 Å². The van der Waals surface area contributed by atoms with Crippen LogP contribution in [0, 0.1) is 0 Å². The van der Waals surface area contributed by atoms with E-state index in [1.807, 2.05) is 6.92 Å². The van der Waals surface area contributed by atoms with Crippen LogP contribution in [0.3, 0.4) is 0 Å². The van der Waals surface area contributed by atoms with Crippen molar-refractivity contribution in [1.29, 1.82) is 0 Å². The molecule has 5 nitrogen and oxygen atoms in total. The van der Waals surface area contributed by atoms with Gasteiger partial charge >= 0.3 is 5.97 Å². The quantitative estimate of drug-likeness (QED) is 0.724. The summed E-state index contributed by atoms with van der Waals surface area (Å²) in [7, 11) is 0. The fraction of sp³-hybridized carbons (Fsp3) is 0.538. The molecule has 1 unspecified atom stereocenters. The number of pyridine rings is 1. The number of anilines is 1. The Kier molecular flexibility index (Phi) is 6.14. The van der Waals surface area contributed by atoms with E-state index in [4.69, 9.17) is 9.84 Å².